The molecule has 2 unspecified atom stereocenters. The summed E-state index contributed by atoms with van der Waals surface area (Å²) < 4.78 is 25.4. The lowest BCUT2D eigenvalue weighted by molar-refractivity contribution is 0.513. The minimum atomic E-state index is -3.13. The molecule has 0 radical (unpaired) electrons. The highest BCUT2D eigenvalue weighted by atomic mass is 32.2. The van der Waals surface area contributed by atoms with E-state index in [1.807, 2.05) is 43.5 Å². The third-order valence-corrected chi connectivity index (χ3v) is 5.17. The predicted molar refractivity (Wildman–Crippen MR) is 84.3 cm³/mol. The molecular weight excluding hydrogens is 286 g/mol. The molecule has 0 bridgehead atoms. The molecule has 0 saturated carbocycles. The van der Waals surface area contributed by atoms with Crippen molar-refractivity contribution in [1.82, 2.24) is 15.1 Å². The van der Waals surface area contributed by atoms with E-state index in [0.29, 0.717) is 6.54 Å². The van der Waals surface area contributed by atoms with Crippen LogP contribution in [0.4, 0.5) is 0 Å². The average molecular weight is 307 g/mol. The van der Waals surface area contributed by atoms with E-state index in [2.05, 4.69) is 10.4 Å². The zero-order chi connectivity index (χ0) is 15.5. The van der Waals surface area contributed by atoms with E-state index in [4.69, 9.17) is 0 Å². The van der Waals surface area contributed by atoms with Crippen molar-refractivity contribution in [3.8, 4) is 5.69 Å². The van der Waals surface area contributed by atoms with Crippen LogP contribution in [0.3, 0.4) is 0 Å². The van der Waals surface area contributed by atoms with Crippen molar-refractivity contribution >= 4 is 9.84 Å². The van der Waals surface area contributed by atoms with Crippen molar-refractivity contribution < 1.29 is 8.42 Å². The molecule has 0 aliphatic heterocycles. The molecule has 5 nitrogen and oxygen atoms in total. The van der Waals surface area contributed by atoms with Gasteiger partial charge in [-0.3, -0.25) is 0 Å². The van der Waals surface area contributed by atoms with Gasteiger partial charge in [0.05, 0.1) is 23.2 Å². The van der Waals surface area contributed by atoms with Gasteiger partial charge in [0.25, 0.3) is 0 Å². The van der Waals surface area contributed by atoms with Gasteiger partial charge in [0, 0.05) is 18.0 Å². The lowest BCUT2D eigenvalue weighted by Gasteiger charge is -2.22. The zero-order valence-corrected chi connectivity index (χ0v) is 13.3. The summed E-state index contributed by atoms with van der Waals surface area (Å²) in [6.45, 7) is 4.38. The van der Waals surface area contributed by atoms with E-state index in [1.54, 1.807) is 17.8 Å². The zero-order valence-electron chi connectivity index (χ0n) is 12.5. The van der Waals surface area contributed by atoms with Crippen LogP contribution in [-0.4, -0.2) is 36.2 Å². The van der Waals surface area contributed by atoms with Crippen molar-refractivity contribution in [3.63, 3.8) is 0 Å². The van der Waals surface area contributed by atoms with Gasteiger partial charge >= 0.3 is 0 Å². The Morgan fingerprint density at radius 3 is 2.52 bits per heavy atom. The SMILES string of the molecule is CCNC(c1cnn(-c2ccccc2)c1)C(C)S(C)(=O)=O. The summed E-state index contributed by atoms with van der Waals surface area (Å²) in [5, 5.41) is 7.06. The Morgan fingerprint density at radius 2 is 1.95 bits per heavy atom. The number of nitrogens with zero attached hydrogens (tertiary/aromatic N) is 2. The highest BCUT2D eigenvalue weighted by Crippen LogP contribution is 2.22. The molecule has 2 aromatic rings. The fourth-order valence-corrected chi connectivity index (χ4v) is 2.99. The number of sulfone groups is 1. The second-order valence-electron chi connectivity index (χ2n) is 5.12. The molecule has 0 amide bonds. The van der Waals surface area contributed by atoms with Crippen LogP contribution in [-0.2, 0) is 9.84 Å². The van der Waals surface area contributed by atoms with Crippen LogP contribution in [0, 0.1) is 0 Å². The average Bonchev–Trinajstić information content (AvgIpc) is 2.93. The van der Waals surface area contributed by atoms with Crippen LogP contribution < -0.4 is 5.32 Å². The summed E-state index contributed by atoms with van der Waals surface area (Å²) in [7, 11) is -3.13. The fourth-order valence-electron chi connectivity index (χ4n) is 2.24. The molecule has 0 aliphatic rings. The number of nitrogens with one attached hydrogen (secondary N) is 1. The second kappa shape index (κ2) is 6.41. The van der Waals surface area contributed by atoms with Crippen molar-refractivity contribution in [1.29, 1.82) is 0 Å². The van der Waals surface area contributed by atoms with Gasteiger partial charge in [-0.1, -0.05) is 25.1 Å². The van der Waals surface area contributed by atoms with E-state index in [1.165, 1.54) is 6.26 Å². The van der Waals surface area contributed by atoms with Gasteiger partial charge in [0.2, 0.25) is 0 Å². The Morgan fingerprint density at radius 1 is 1.29 bits per heavy atom. The van der Waals surface area contributed by atoms with Crippen LogP contribution in [0.25, 0.3) is 5.69 Å². The van der Waals surface area contributed by atoms with Crippen molar-refractivity contribution in [2.45, 2.75) is 25.1 Å². The standard InChI is InChI=1S/C15H21N3O2S/c1-4-16-15(12(2)21(3,19)20)13-10-17-18(11-13)14-8-6-5-7-9-14/h5-12,15-16H,4H2,1-3H3. The van der Waals surface area contributed by atoms with E-state index in [-0.39, 0.29) is 6.04 Å². The maximum Gasteiger partial charge on any atom is 0.151 e. The summed E-state index contributed by atoms with van der Waals surface area (Å²) in [5.74, 6) is 0. The van der Waals surface area contributed by atoms with E-state index >= 15 is 0 Å². The summed E-state index contributed by atoms with van der Waals surface area (Å²) in [5.41, 5.74) is 1.82. The molecule has 1 N–H and O–H groups in total. The topological polar surface area (TPSA) is 64.0 Å². The van der Waals surface area contributed by atoms with Crippen LogP contribution in [0.5, 0.6) is 0 Å². The Hall–Kier alpha value is -1.66. The summed E-state index contributed by atoms with van der Waals surface area (Å²) in [6.07, 6.45) is 4.87. The largest absolute Gasteiger partial charge is 0.309 e. The fraction of sp³-hybridized carbons (Fsp3) is 0.400. The normalized spacial score (nSPS) is 14.8. The minimum absolute atomic E-state index is 0.262. The van der Waals surface area contributed by atoms with Crippen molar-refractivity contribution in [2.75, 3.05) is 12.8 Å². The molecule has 0 saturated heterocycles. The summed E-state index contributed by atoms with van der Waals surface area (Å²) >= 11 is 0. The molecule has 2 atom stereocenters. The first-order chi connectivity index (χ1) is 9.93. The van der Waals surface area contributed by atoms with Crippen LogP contribution in [0.2, 0.25) is 0 Å². The second-order valence-corrected chi connectivity index (χ2v) is 7.53. The van der Waals surface area contributed by atoms with E-state index in [0.717, 1.165) is 11.3 Å². The van der Waals surface area contributed by atoms with Gasteiger partial charge < -0.3 is 5.32 Å². The van der Waals surface area contributed by atoms with Crippen LogP contribution >= 0.6 is 0 Å². The number of hydrogen-bond acceptors (Lipinski definition) is 4. The molecule has 21 heavy (non-hydrogen) atoms. The van der Waals surface area contributed by atoms with Gasteiger partial charge in [-0.2, -0.15) is 5.10 Å². The Bertz CT molecular complexity index is 680. The Kier molecular flexibility index (Phi) is 4.80. The monoisotopic (exact) mass is 307 g/mol. The first-order valence-electron chi connectivity index (χ1n) is 6.95. The summed E-state index contributed by atoms with van der Waals surface area (Å²) in [4.78, 5) is 0. The van der Waals surface area contributed by atoms with Gasteiger partial charge in [0.1, 0.15) is 0 Å². The van der Waals surface area contributed by atoms with Crippen LogP contribution in [0.1, 0.15) is 25.5 Å². The quantitative estimate of drug-likeness (QED) is 0.886. The molecule has 6 heteroatoms. The van der Waals surface area contributed by atoms with Crippen molar-refractivity contribution in [2.24, 2.45) is 0 Å². The van der Waals surface area contributed by atoms with Gasteiger partial charge in [-0.05, 0) is 25.6 Å². The molecule has 0 aliphatic carbocycles. The molecule has 2 rings (SSSR count). The smallest absolute Gasteiger partial charge is 0.151 e. The molecular formula is C15H21N3O2S. The first kappa shape index (κ1) is 15.7. The molecule has 1 aromatic heterocycles. The Balaban J connectivity index is 2.33. The lowest BCUT2D eigenvalue weighted by atomic mass is 10.1. The van der Waals surface area contributed by atoms with E-state index in [9.17, 15) is 8.42 Å². The predicted octanol–water partition coefficient (Wildman–Crippen LogP) is 1.96. The highest BCUT2D eigenvalue weighted by Gasteiger charge is 2.27. The molecule has 1 heterocycles. The minimum Gasteiger partial charge on any atom is -0.309 e. The van der Waals surface area contributed by atoms with Crippen LogP contribution in [0.15, 0.2) is 42.7 Å². The van der Waals surface area contributed by atoms with E-state index < -0.39 is 15.1 Å². The maximum absolute atomic E-state index is 11.8. The number of para-hydroxylation sites is 1. The third-order valence-electron chi connectivity index (χ3n) is 3.55. The lowest BCUT2D eigenvalue weighted by Crippen LogP contribution is -2.34. The summed E-state index contributed by atoms with van der Waals surface area (Å²) in [6, 6.07) is 9.48. The van der Waals surface area contributed by atoms with Gasteiger partial charge in [0.15, 0.2) is 9.84 Å². The van der Waals surface area contributed by atoms with Crippen molar-refractivity contribution in [3.05, 3.63) is 48.3 Å². The molecule has 1 aromatic carbocycles. The Labute approximate surface area is 125 Å². The van der Waals surface area contributed by atoms with Gasteiger partial charge in [-0.15, -0.1) is 0 Å². The van der Waals surface area contributed by atoms with Gasteiger partial charge in [-0.25, -0.2) is 13.1 Å². The highest BCUT2D eigenvalue weighted by molar-refractivity contribution is 7.91. The third kappa shape index (κ3) is 3.71. The number of benzene rings is 1. The number of aromatic nitrogens is 2. The molecule has 114 valence electrons. The molecule has 0 spiro atoms. The maximum atomic E-state index is 11.8. The number of rotatable bonds is 6. The first-order valence-corrected chi connectivity index (χ1v) is 8.91. The number of hydrogen-bond donors (Lipinski definition) is 1. The molecule has 0 fully saturated rings.